The molecule has 67 heavy (non-hydrogen) atoms. The molecule has 0 saturated heterocycles. The number of hydrogen-bond donors (Lipinski definition) is 0. The van der Waals surface area contributed by atoms with Crippen LogP contribution in [-0.2, 0) is 10.8 Å². The maximum Gasteiger partial charge on any atom is 0.269 e. The van der Waals surface area contributed by atoms with E-state index in [1.165, 1.54) is 61.0 Å². The Labute approximate surface area is 391 Å². The van der Waals surface area contributed by atoms with Gasteiger partial charge in [0, 0.05) is 28.6 Å². The standard InChI is InChI=1S/C62H50N4O/c1-61(2,3)40-34-35-63-58(36-40)66-54-27-14-13-25-49(54)50-31-30-43(38-57(50)66)67-42-19-17-18-41(37-42)64-39-65(56-29-16-15-28-55(56)64)60-53(62(4,5)6)33-32-52-48-24-10-9-22-46(48)44-20-7-8-21-45(44)47-23-11-12-26-51(47)59(52)60/h7-38H,1-6H3. The van der Waals surface area contributed by atoms with Crippen LogP contribution in [0.25, 0.3) is 94.5 Å². The van der Waals surface area contributed by atoms with Gasteiger partial charge in [-0.15, -0.1) is 0 Å². The van der Waals surface area contributed by atoms with Gasteiger partial charge >= 0.3 is 0 Å². The van der Waals surface area contributed by atoms with Crippen molar-refractivity contribution in [2.75, 3.05) is 0 Å². The Morgan fingerprint density at radius 3 is 1.78 bits per heavy atom. The number of rotatable bonds is 5. The summed E-state index contributed by atoms with van der Waals surface area (Å²) in [5, 5.41) is 2.33. The quantitative estimate of drug-likeness (QED) is 0.128. The molecule has 3 heterocycles. The van der Waals surface area contributed by atoms with Gasteiger partial charge in [-0.1, -0.05) is 175 Å². The fourth-order valence-electron chi connectivity index (χ4n) is 10.3. The third kappa shape index (κ3) is 6.68. The number of para-hydroxylation sites is 3. The Morgan fingerprint density at radius 1 is 0.478 bits per heavy atom. The van der Waals surface area contributed by atoms with E-state index in [0.29, 0.717) is 0 Å². The largest absolute Gasteiger partial charge is 0.458 e. The fraction of sp³-hybridized carbons (Fsp3) is 0.129. The molecule has 3 aromatic heterocycles. The van der Waals surface area contributed by atoms with Crippen molar-refractivity contribution in [3.05, 3.63) is 212 Å². The van der Waals surface area contributed by atoms with Crippen LogP contribution in [0.3, 0.4) is 0 Å². The molecule has 0 fully saturated rings. The highest BCUT2D eigenvalue weighted by molar-refractivity contribution is 6.09. The van der Waals surface area contributed by atoms with Crippen molar-refractivity contribution in [1.82, 2.24) is 14.1 Å². The normalized spacial score (nSPS) is 12.3. The van der Waals surface area contributed by atoms with Crippen molar-refractivity contribution in [1.29, 1.82) is 0 Å². The second-order valence-corrected chi connectivity index (χ2v) is 19.8. The summed E-state index contributed by atoms with van der Waals surface area (Å²) >= 11 is 0. The summed E-state index contributed by atoms with van der Waals surface area (Å²) in [6.07, 6.45) is 5.85. The summed E-state index contributed by atoms with van der Waals surface area (Å²) in [6.45, 7) is 13.7. The van der Waals surface area contributed by atoms with Crippen LogP contribution in [-0.4, -0.2) is 14.1 Å². The van der Waals surface area contributed by atoms with Crippen LogP contribution in [0.2, 0.25) is 0 Å². The predicted molar refractivity (Wildman–Crippen MR) is 275 cm³/mol. The van der Waals surface area contributed by atoms with E-state index in [1.807, 2.05) is 12.3 Å². The molecule has 12 rings (SSSR count). The number of imidazole rings is 1. The first-order chi connectivity index (χ1) is 32.5. The number of aromatic nitrogens is 4. The van der Waals surface area contributed by atoms with Crippen molar-refractivity contribution in [2.45, 2.75) is 52.4 Å². The summed E-state index contributed by atoms with van der Waals surface area (Å²) in [7, 11) is 0. The van der Waals surface area contributed by atoms with Gasteiger partial charge in [-0.3, -0.25) is 13.7 Å². The first-order valence-electron chi connectivity index (χ1n) is 23.2. The zero-order valence-corrected chi connectivity index (χ0v) is 38.7. The second kappa shape index (κ2) is 15.3. The summed E-state index contributed by atoms with van der Waals surface area (Å²) in [4.78, 5) is 4.90. The van der Waals surface area contributed by atoms with Gasteiger partial charge in [-0.05, 0) is 109 Å². The number of fused-ring (bicyclic) bond motifs is 12. The van der Waals surface area contributed by atoms with E-state index in [-0.39, 0.29) is 10.8 Å². The van der Waals surface area contributed by atoms with Crippen LogP contribution in [0, 0.1) is 6.33 Å². The third-order valence-electron chi connectivity index (χ3n) is 13.5. The van der Waals surface area contributed by atoms with Gasteiger partial charge in [0.15, 0.2) is 0 Å². The van der Waals surface area contributed by atoms with Crippen molar-refractivity contribution < 1.29 is 9.30 Å². The second-order valence-electron chi connectivity index (χ2n) is 19.8. The number of benzene rings is 8. The molecule has 0 N–H and O–H groups in total. The highest BCUT2D eigenvalue weighted by Gasteiger charge is 2.30. The summed E-state index contributed by atoms with van der Waals surface area (Å²) in [5.74, 6) is 2.36. The van der Waals surface area contributed by atoms with Gasteiger partial charge in [0.2, 0.25) is 0 Å². The average Bonchev–Trinajstić information content (AvgIpc) is 3.89. The molecule has 0 bridgehead atoms. The van der Waals surface area contributed by atoms with Crippen LogP contribution in [0.1, 0.15) is 52.7 Å². The van der Waals surface area contributed by atoms with E-state index in [1.54, 1.807) is 0 Å². The van der Waals surface area contributed by atoms with Gasteiger partial charge in [0.1, 0.15) is 17.3 Å². The predicted octanol–water partition coefficient (Wildman–Crippen LogP) is 15.6. The van der Waals surface area contributed by atoms with Gasteiger partial charge in [0.05, 0.1) is 33.4 Å². The molecule has 0 unspecified atom stereocenters. The lowest BCUT2D eigenvalue weighted by Crippen LogP contribution is -2.35. The Balaban J connectivity index is 1.02. The van der Waals surface area contributed by atoms with E-state index >= 15 is 0 Å². The van der Waals surface area contributed by atoms with E-state index < -0.39 is 0 Å². The van der Waals surface area contributed by atoms with Gasteiger partial charge in [0.25, 0.3) is 6.33 Å². The first-order valence-corrected chi connectivity index (χ1v) is 23.2. The zero-order chi connectivity index (χ0) is 45.6. The van der Waals surface area contributed by atoms with E-state index in [9.17, 15) is 0 Å². The summed E-state index contributed by atoms with van der Waals surface area (Å²) in [5.41, 5.74) is 18.3. The Hall–Kier alpha value is -8.02. The fourth-order valence-corrected chi connectivity index (χ4v) is 10.3. The molecule has 0 saturated carbocycles. The molecule has 0 atom stereocenters. The molecule has 5 heteroatoms. The van der Waals surface area contributed by atoms with E-state index in [4.69, 9.17) is 9.72 Å². The molecule has 0 aliphatic heterocycles. The molecule has 1 aliphatic rings. The SMILES string of the molecule is CC(C)(C)c1ccnc(-n2c3ccccc3c3ccc(Oc4cccc(-n5[c-][n+](-c6c(C(C)(C)C)ccc7c6-c6ccccc6-c6ccccc6-c6ccccc6-7)c6ccccc65)c4)cc32)c1. The molecular formula is C62H50N4O. The van der Waals surface area contributed by atoms with E-state index in [2.05, 4.69) is 244 Å². The van der Waals surface area contributed by atoms with Crippen LogP contribution in [0.4, 0.5) is 0 Å². The van der Waals surface area contributed by atoms with Crippen LogP contribution in [0.5, 0.6) is 11.5 Å². The minimum atomic E-state index is -0.199. The van der Waals surface area contributed by atoms with Gasteiger partial charge in [-0.25, -0.2) is 4.98 Å². The van der Waals surface area contributed by atoms with Crippen LogP contribution < -0.4 is 9.30 Å². The molecular weight excluding hydrogens is 817 g/mol. The lowest BCUT2D eigenvalue weighted by Gasteiger charge is -2.30. The summed E-state index contributed by atoms with van der Waals surface area (Å²) in [6, 6.07) is 67.6. The minimum absolute atomic E-state index is 0.0176. The zero-order valence-electron chi connectivity index (χ0n) is 38.7. The Bertz CT molecular complexity index is 3750. The molecule has 0 spiro atoms. The number of ether oxygens (including phenoxy) is 1. The lowest BCUT2D eigenvalue weighted by molar-refractivity contribution is -0.572. The molecule has 11 aromatic rings. The Morgan fingerprint density at radius 2 is 1.07 bits per heavy atom. The summed E-state index contributed by atoms with van der Waals surface area (Å²) < 4.78 is 13.6. The Kier molecular flexibility index (Phi) is 9.24. The molecule has 5 nitrogen and oxygen atoms in total. The molecule has 324 valence electrons. The van der Waals surface area contributed by atoms with Gasteiger partial charge in [-0.2, -0.15) is 0 Å². The third-order valence-corrected chi connectivity index (χ3v) is 13.5. The van der Waals surface area contributed by atoms with Crippen LogP contribution in [0.15, 0.2) is 194 Å². The molecule has 0 radical (unpaired) electrons. The topological polar surface area (TPSA) is 35.9 Å². The molecule has 1 aliphatic carbocycles. The maximum atomic E-state index is 6.81. The van der Waals surface area contributed by atoms with Crippen molar-refractivity contribution in [3.8, 4) is 73.2 Å². The average molecular weight is 867 g/mol. The highest BCUT2D eigenvalue weighted by Crippen LogP contribution is 2.50. The highest BCUT2D eigenvalue weighted by atomic mass is 16.5. The van der Waals surface area contributed by atoms with E-state index in [0.717, 1.165) is 56.1 Å². The van der Waals surface area contributed by atoms with Crippen molar-refractivity contribution >= 4 is 32.8 Å². The molecule has 0 amide bonds. The van der Waals surface area contributed by atoms with Crippen molar-refractivity contribution in [3.63, 3.8) is 0 Å². The van der Waals surface area contributed by atoms with Crippen molar-refractivity contribution in [2.24, 2.45) is 0 Å². The minimum Gasteiger partial charge on any atom is -0.458 e. The van der Waals surface area contributed by atoms with Crippen LogP contribution >= 0.6 is 0 Å². The molecule has 8 aromatic carbocycles. The first kappa shape index (κ1) is 40.5. The number of nitrogens with zero attached hydrogens (tertiary/aromatic N) is 4. The monoisotopic (exact) mass is 866 g/mol. The smallest absolute Gasteiger partial charge is 0.269 e. The lowest BCUT2D eigenvalue weighted by atomic mass is 9.76. The number of hydrogen-bond acceptors (Lipinski definition) is 2. The van der Waals surface area contributed by atoms with Gasteiger partial charge < -0.3 is 4.74 Å². The maximum absolute atomic E-state index is 6.81. The number of pyridine rings is 1.